The van der Waals surface area contributed by atoms with Crippen molar-refractivity contribution < 1.29 is 0 Å². The Morgan fingerprint density at radius 1 is 1.11 bits per heavy atom. The van der Waals surface area contributed by atoms with E-state index in [9.17, 15) is 0 Å². The van der Waals surface area contributed by atoms with E-state index in [2.05, 4.69) is 34.1 Å². The van der Waals surface area contributed by atoms with E-state index in [0.29, 0.717) is 6.54 Å². The fourth-order valence-corrected chi connectivity index (χ4v) is 2.71. The number of piperidine rings is 1. The fraction of sp³-hybridized carbons (Fsp3) is 0.400. The smallest absolute Gasteiger partial charge is 0.0726 e. The number of nitrogens with zero attached hydrogens (tertiary/aromatic N) is 2. The number of hydrogen-bond donors (Lipinski definition) is 1. The van der Waals surface area contributed by atoms with Crippen molar-refractivity contribution in [3.63, 3.8) is 0 Å². The predicted molar refractivity (Wildman–Crippen MR) is 75.7 cm³/mol. The van der Waals surface area contributed by atoms with E-state index in [0.717, 1.165) is 24.3 Å². The number of pyridine rings is 1. The summed E-state index contributed by atoms with van der Waals surface area (Å²) in [5.41, 5.74) is 9.10. The van der Waals surface area contributed by atoms with E-state index in [1.165, 1.54) is 30.3 Å². The van der Waals surface area contributed by atoms with Crippen LogP contribution >= 0.6 is 0 Å². The molecule has 2 N–H and O–H groups in total. The Morgan fingerprint density at radius 2 is 1.89 bits per heavy atom. The Bertz CT molecular complexity index is 544. The molecule has 1 fully saturated rings. The minimum atomic E-state index is 0.506. The molecule has 3 rings (SSSR count). The fourth-order valence-electron chi connectivity index (χ4n) is 2.71. The average molecular weight is 241 g/mol. The highest BCUT2D eigenvalue weighted by molar-refractivity contribution is 5.92. The van der Waals surface area contributed by atoms with Crippen LogP contribution in [0, 0.1) is 0 Å². The lowest BCUT2D eigenvalue weighted by molar-refractivity contribution is 0.578. The molecule has 0 amide bonds. The lowest BCUT2D eigenvalue weighted by Crippen LogP contribution is -2.29. The Balaban J connectivity index is 2.12. The van der Waals surface area contributed by atoms with Gasteiger partial charge in [-0.15, -0.1) is 0 Å². The van der Waals surface area contributed by atoms with E-state index in [1.54, 1.807) is 0 Å². The topological polar surface area (TPSA) is 42.1 Å². The van der Waals surface area contributed by atoms with Crippen LogP contribution in [0.3, 0.4) is 0 Å². The number of aromatic nitrogens is 1. The van der Waals surface area contributed by atoms with Crippen molar-refractivity contribution in [1.82, 2.24) is 4.98 Å². The molecule has 2 aromatic rings. The zero-order chi connectivity index (χ0) is 12.4. The lowest BCUT2D eigenvalue weighted by atomic mass is 10.1. The third kappa shape index (κ3) is 2.06. The Hall–Kier alpha value is -1.61. The molecule has 3 heteroatoms. The first kappa shape index (κ1) is 11.5. The van der Waals surface area contributed by atoms with Gasteiger partial charge in [0.15, 0.2) is 0 Å². The van der Waals surface area contributed by atoms with Gasteiger partial charge in [-0.05, 0) is 31.4 Å². The van der Waals surface area contributed by atoms with Gasteiger partial charge in [-0.1, -0.05) is 18.2 Å². The molecule has 0 bridgehead atoms. The maximum absolute atomic E-state index is 5.76. The predicted octanol–water partition coefficient (Wildman–Crippen LogP) is 2.68. The van der Waals surface area contributed by atoms with Crippen molar-refractivity contribution in [3.05, 3.63) is 36.0 Å². The number of nitrogens with two attached hydrogens (primary N) is 1. The summed E-state index contributed by atoms with van der Waals surface area (Å²) >= 11 is 0. The van der Waals surface area contributed by atoms with E-state index in [1.807, 2.05) is 6.07 Å². The second-order valence-corrected chi connectivity index (χ2v) is 4.90. The number of rotatable bonds is 2. The number of anilines is 1. The first-order valence-corrected chi connectivity index (χ1v) is 6.72. The van der Waals surface area contributed by atoms with Gasteiger partial charge in [-0.3, -0.25) is 4.98 Å². The van der Waals surface area contributed by atoms with Crippen LogP contribution in [0.25, 0.3) is 10.9 Å². The maximum Gasteiger partial charge on any atom is 0.0726 e. The third-order valence-electron chi connectivity index (χ3n) is 3.65. The van der Waals surface area contributed by atoms with E-state index < -0.39 is 0 Å². The van der Waals surface area contributed by atoms with Gasteiger partial charge in [0, 0.05) is 30.7 Å². The van der Waals surface area contributed by atoms with Crippen LogP contribution in [0.15, 0.2) is 30.3 Å². The highest BCUT2D eigenvalue weighted by Gasteiger charge is 2.14. The zero-order valence-corrected chi connectivity index (χ0v) is 10.6. The van der Waals surface area contributed by atoms with Crippen molar-refractivity contribution in [2.24, 2.45) is 5.73 Å². The molecule has 1 aromatic heterocycles. The van der Waals surface area contributed by atoms with Crippen molar-refractivity contribution >= 4 is 16.6 Å². The maximum atomic E-state index is 5.76. The molecule has 0 radical (unpaired) electrons. The molecule has 2 heterocycles. The first-order chi connectivity index (χ1) is 8.88. The number of benzene rings is 1. The van der Waals surface area contributed by atoms with Gasteiger partial charge in [0.2, 0.25) is 0 Å². The Labute approximate surface area is 108 Å². The molecule has 1 aliphatic heterocycles. The SMILES string of the molecule is NCc1cc(N2CCCCC2)c2ccccc2n1. The van der Waals surface area contributed by atoms with Gasteiger partial charge in [-0.25, -0.2) is 0 Å². The molecule has 94 valence electrons. The van der Waals surface area contributed by atoms with Crippen LogP contribution in [0.1, 0.15) is 25.0 Å². The number of para-hydroxylation sites is 1. The van der Waals surface area contributed by atoms with Gasteiger partial charge < -0.3 is 10.6 Å². The molecular formula is C15H19N3. The molecule has 1 saturated heterocycles. The van der Waals surface area contributed by atoms with Gasteiger partial charge in [0.1, 0.15) is 0 Å². The number of hydrogen-bond acceptors (Lipinski definition) is 3. The van der Waals surface area contributed by atoms with E-state index >= 15 is 0 Å². The summed E-state index contributed by atoms with van der Waals surface area (Å²) in [5, 5.41) is 1.25. The molecule has 1 aliphatic rings. The summed E-state index contributed by atoms with van der Waals surface area (Å²) in [6.45, 7) is 2.81. The van der Waals surface area contributed by atoms with Gasteiger partial charge in [0.25, 0.3) is 0 Å². The van der Waals surface area contributed by atoms with E-state index in [-0.39, 0.29) is 0 Å². The Kier molecular flexibility index (Phi) is 3.15. The van der Waals surface area contributed by atoms with Gasteiger partial charge >= 0.3 is 0 Å². The third-order valence-corrected chi connectivity index (χ3v) is 3.65. The molecule has 0 unspecified atom stereocenters. The van der Waals surface area contributed by atoms with Crippen LogP contribution in [0.5, 0.6) is 0 Å². The summed E-state index contributed by atoms with van der Waals surface area (Å²) in [6.07, 6.45) is 3.92. The minimum absolute atomic E-state index is 0.506. The molecule has 1 aromatic carbocycles. The summed E-state index contributed by atoms with van der Waals surface area (Å²) in [7, 11) is 0. The standard InChI is InChI=1S/C15H19N3/c16-11-12-10-15(18-8-4-1-5-9-18)13-6-2-3-7-14(13)17-12/h2-3,6-7,10H,1,4-5,8-9,11,16H2. The first-order valence-electron chi connectivity index (χ1n) is 6.72. The normalized spacial score (nSPS) is 16.2. The summed E-state index contributed by atoms with van der Waals surface area (Å²) in [5.74, 6) is 0. The van der Waals surface area contributed by atoms with Crippen LogP contribution in [0.2, 0.25) is 0 Å². The quantitative estimate of drug-likeness (QED) is 0.879. The second-order valence-electron chi connectivity index (χ2n) is 4.90. The summed E-state index contributed by atoms with van der Waals surface area (Å²) < 4.78 is 0. The average Bonchev–Trinajstić information content (AvgIpc) is 2.47. The van der Waals surface area contributed by atoms with E-state index in [4.69, 9.17) is 5.73 Å². The largest absolute Gasteiger partial charge is 0.371 e. The zero-order valence-electron chi connectivity index (χ0n) is 10.6. The van der Waals surface area contributed by atoms with Crippen molar-refractivity contribution in [1.29, 1.82) is 0 Å². The van der Waals surface area contributed by atoms with Crippen LogP contribution in [-0.4, -0.2) is 18.1 Å². The highest BCUT2D eigenvalue weighted by Crippen LogP contribution is 2.28. The second kappa shape index (κ2) is 4.94. The molecule has 0 aliphatic carbocycles. The molecule has 0 atom stereocenters. The van der Waals surface area contributed by atoms with Crippen LogP contribution in [-0.2, 0) is 6.54 Å². The highest BCUT2D eigenvalue weighted by atomic mass is 15.1. The van der Waals surface area contributed by atoms with Gasteiger partial charge in [0.05, 0.1) is 11.2 Å². The molecule has 3 nitrogen and oxygen atoms in total. The molecular weight excluding hydrogens is 222 g/mol. The van der Waals surface area contributed by atoms with Crippen molar-refractivity contribution in [3.8, 4) is 0 Å². The Morgan fingerprint density at radius 3 is 2.67 bits per heavy atom. The van der Waals surface area contributed by atoms with Gasteiger partial charge in [-0.2, -0.15) is 0 Å². The minimum Gasteiger partial charge on any atom is -0.371 e. The number of fused-ring (bicyclic) bond motifs is 1. The van der Waals surface area contributed by atoms with Crippen LogP contribution in [0.4, 0.5) is 5.69 Å². The van der Waals surface area contributed by atoms with Crippen molar-refractivity contribution in [2.75, 3.05) is 18.0 Å². The molecule has 18 heavy (non-hydrogen) atoms. The monoisotopic (exact) mass is 241 g/mol. The summed E-state index contributed by atoms with van der Waals surface area (Å²) in [4.78, 5) is 7.08. The summed E-state index contributed by atoms with van der Waals surface area (Å²) in [6, 6.07) is 10.5. The molecule has 0 saturated carbocycles. The van der Waals surface area contributed by atoms with Crippen LogP contribution < -0.4 is 10.6 Å². The lowest BCUT2D eigenvalue weighted by Gasteiger charge is -2.30. The molecule has 0 spiro atoms. The van der Waals surface area contributed by atoms with Crippen molar-refractivity contribution in [2.45, 2.75) is 25.8 Å².